The topological polar surface area (TPSA) is 79.0 Å². The molecular formula is C15H22ClN3O4. The Morgan fingerprint density at radius 1 is 1.39 bits per heavy atom. The summed E-state index contributed by atoms with van der Waals surface area (Å²) in [4.78, 5) is 16.2. The quantitative estimate of drug-likeness (QED) is 0.841. The smallest absolute Gasteiger partial charge is 0.223 e. The predicted molar refractivity (Wildman–Crippen MR) is 83.2 cm³/mol. The molecule has 7 nitrogen and oxygen atoms in total. The van der Waals surface area contributed by atoms with Crippen molar-refractivity contribution < 1.29 is 19.2 Å². The number of carbonyl (C=O) groups excluding carboxylic acids is 1. The minimum Gasteiger partial charge on any atom is -0.387 e. The number of halogens is 1. The van der Waals surface area contributed by atoms with E-state index in [1.165, 1.54) is 0 Å². The lowest BCUT2D eigenvalue weighted by Gasteiger charge is -2.33. The molecule has 0 aliphatic carbocycles. The first-order valence-corrected chi connectivity index (χ1v) is 8.33. The number of hydrogen-bond donors (Lipinski definition) is 1. The van der Waals surface area contributed by atoms with Crippen LogP contribution in [0.25, 0.3) is 0 Å². The highest BCUT2D eigenvalue weighted by Gasteiger charge is 2.39. The lowest BCUT2D eigenvalue weighted by molar-refractivity contribution is -0.131. The maximum absolute atomic E-state index is 12.3. The van der Waals surface area contributed by atoms with Gasteiger partial charge < -0.3 is 19.3 Å². The predicted octanol–water partition coefficient (Wildman–Crippen LogP) is 0.556. The van der Waals surface area contributed by atoms with Crippen LogP contribution in [0.1, 0.15) is 18.6 Å². The summed E-state index contributed by atoms with van der Waals surface area (Å²) >= 11 is 5.69. The van der Waals surface area contributed by atoms with Gasteiger partial charge in [0, 0.05) is 45.1 Å². The van der Waals surface area contributed by atoms with Crippen LogP contribution >= 0.6 is 11.6 Å². The zero-order valence-corrected chi connectivity index (χ0v) is 13.8. The van der Waals surface area contributed by atoms with Crippen molar-refractivity contribution in [3.05, 3.63) is 17.0 Å². The van der Waals surface area contributed by atoms with Crippen molar-refractivity contribution in [1.29, 1.82) is 0 Å². The van der Waals surface area contributed by atoms with Gasteiger partial charge >= 0.3 is 0 Å². The van der Waals surface area contributed by atoms with Gasteiger partial charge in [-0.2, -0.15) is 0 Å². The standard InChI is InChI=1S/C15H22ClN3O4/c16-13-9-12(23-17-13)1-2-14(20)19-4-3-15(21,11-19)10-18-5-7-22-8-6-18/h9,21H,1-8,10-11H2/t15-/m0/s1. The van der Waals surface area contributed by atoms with Gasteiger partial charge in [0.1, 0.15) is 5.76 Å². The van der Waals surface area contributed by atoms with Crippen LogP contribution in [0.3, 0.4) is 0 Å². The zero-order chi connectivity index (χ0) is 16.3. The second kappa shape index (κ2) is 7.17. The van der Waals surface area contributed by atoms with Crippen LogP contribution in [0.5, 0.6) is 0 Å². The van der Waals surface area contributed by atoms with E-state index in [0.29, 0.717) is 63.0 Å². The van der Waals surface area contributed by atoms with E-state index in [9.17, 15) is 9.90 Å². The third kappa shape index (κ3) is 4.44. The molecule has 1 atom stereocenters. The van der Waals surface area contributed by atoms with Gasteiger partial charge in [0.25, 0.3) is 0 Å². The SMILES string of the molecule is O=C(CCc1cc(Cl)no1)N1CC[C@](O)(CN2CCOCC2)C1. The summed E-state index contributed by atoms with van der Waals surface area (Å²) in [5, 5.41) is 14.6. The van der Waals surface area contributed by atoms with Crippen LogP contribution in [-0.2, 0) is 16.0 Å². The summed E-state index contributed by atoms with van der Waals surface area (Å²) in [5.41, 5.74) is -0.817. The van der Waals surface area contributed by atoms with Crippen LogP contribution in [0.15, 0.2) is 10.6 Å². The van der Waals surface area contributed by atoms with E-state index in [4.69, 9.17) is 20.9 Å². The molecule has 1 N–H and O–H groups in total. The van der Waals surface area contributed by atoms with Gasteiger partial charge in [-0.25, -0.2) is 0 Å². The van der Waals surface area contributed by atoms with Gasteiger partial charge in [0.15, 0.2) is 5.15 Å². The van der Waals surface area contributed by atoms with Crippen LogP contribution in [-0.4, -0.2) is 77.5 Å². The minimum absolute atomic E-state index is 0.0235. The van der Waals surface area contributed by atoms with E-state index in [2.05, 4.69) is 10.1 Å². The molecule has 128 valence electrons. The molecule has 2 saturated heterocycles. The Labute approximate surface area is 140 Å². The van der Waals surface area contributed by atoms with E-state index in [-0.39, 0.29) is 5.91 Å². The lowest BCUT2D eigenvalue weighted by atomic mass is 10.0. The molecule has 8 heteroatoms. The average Bonchev–Trinajstić information content (AvgIpc) is 3.12. The molecule has 3 heterocycles. The van der Waals surface area contributed by atoms with E-state index in [1.807, 2.05) is 0 Å². The second-order valence-electron chi connectivity index (χ2n) is 6.29. The molecule has 1 aromatic heterocycles. The number of rotatable bonds is 5. The molecule has 0 saturated carbocycles. The normalized spacial score (nSPS) is 25.9. The number of aromatic nitrogens is 1. The summed E-state index contributed by atoms with van der Waals surface area (Å²) in [7, 11) is 0. The number of β-amino-alcohol motifs (C(OH)–C–C–N with tert-alkyl or cyclic N) is 1. The van der Waals surface area contributed by atoms with E-state index in [0.717, 1.165) is 13.1 Å². The van der Waals surface area contributed by atoms with Crippen molar-refractivity contribution in [3.63, 3.8) is 0 Å². The number of likely N-dealkylation sites (tertiary alicyclic amines) is 1. The van der Waals surface area contributed by atoms with Gasteiger partial charge in [0.05, 0.1) is 25.4 Å². The fourth-order valence-electron chi connectivity index (χ4n) is 3.17. The summed E-state index contributed by atoms with van der Waals surface area (Å²) in [6.45, 7) is 4.66. The first kappa shape index (κ1) is 16.7. The molecule has 0 spiro atoms. The van der Waals surface area contributed by atoms with Gasteiger partial charge in [-0.15, -0.1) is 0 Å². The van der Waals surface area contributed by atoms with Crippen molar-refractivity contribution in [2.75, 3.05) is 45.9 Å². The zero-order valence-electron chi connectivity index (χ0n) is 13.0. The third-order valence-corrected chi connectivity index (χ3v) is 4.60. The van der Waals surface area contributed by atoms with E-state index >= 15 is 0 Å². The number of carbonyl (C=O) groups is 1. The lowest BCUT2D eigenvalue weighted by Crippen LogP contribution is -2.49. The van der Waals surface area contributed by atoms with Gasteiger partial charge in [-0.3, -0.25) is 9.69 Å². The van der Waals surface area contributed by atoms with Crippen LogP contribution in [0.2, 0.25) is 5.15 Å². The highest BCUT2D eigenvalue weighted by molar-refractivity contribution is 6.29. The third-order valence-electron chi connectivity index (χ3n) is 4.42. The molecule has 3 rings (SSSR count). The fourth-order valence-corrected chi connectivity index (χ4v) is 3.32. The Bertz CT molecular complexity index is 547. The van der Waals surface area contributed by atoms with Crippen molar-refractivity contribution >= 4 is 17.5 Å². The first-order valence-electron chi connectivity index (χ1n) is 7.95. The molecular weight excluding hydrogens is 322 g/mol. The van der Waals surface area contributed by atoms with Crippen molar-refractivity contribution in [2.24, 2.45) is 0 Å². The minimum atomic E-state index is -0.817. The molecule has 0 aromatic carbocycles. The van der Waals surface area contributed by atoms with Crippen LogP contribution in [0, 0.1) is 0 Å². The number of morpholine rings is 1. The number of nitrogens with zero attached hydrogens (tertiary/aromatic N) is 3. The van der Waals surface area contributed by atoms with E-state index < -0.39 is 5.60 Å². The molecule has 2 aliphatic heterocycles. The summed E-state index contributed by atoms with van der Waals surface area (Å²) in [6.07, 6.45) is 1.42. The monoisotopic (exact) mass is 343 g/mol. The second-order valence-corrected chi connectivity index (χ2v) is 6.68. The maximum Gasteiger partial charge on any atom is 0.223 e. The molecule has 1 amide bonds. The number of hydrogen-bond acceptors (Lipinski definition) is 6. The Morgan fingerprint density at radius 3 is 2.87 bits per heavy atom. The van der Waals surface area contributed by atoms with Gasteiger partial charge in [-0.1, -0.05) is 16.8 Å². The van der Waals surface area contributed by atoms with Crippen LogP contribution < -0.4 is 0 Å². The Morgan fingerprint density at radius 2 is 2.17 bits per heavy atom. The first-order chi connectivity index (χ1) is 11.0. The van der Waals surface area contributed by atoms with Gasteiger partial charge in [-0.05, 0) is 6.42 Å². The Hall–Kier alpha value is -1.15. The summed E-state index contributed by atoms with van der Waals surface area (Å²) in [5.74, 6) is 0.626. The number of aryl methyl sites for hydroxylation is 1. The molecule has 1 aromatic rings. The molecule has 2 aliphatic rings. The number of amides is 1. The molecule has 0 unspecified atom stereocenters. The van der Waals surface area contributed by atoms with E-state index in [1.54, 1.807) is 11.0 Å². The highest BCUT2D eigenvalue weighted by Crippen LogP contribution is 2.24. The average molecular weight is 344 g/mol. The fraction of sp³-hybridized carbons (Fsp3) is 0.733. The molecule has 2 fully saturated rings. The number of aliphatic hydroxyl groups is 1. The van der Waals surface area contributed by atoms with Crippen molar-refractivity contribution in [3.8, 4) is 0 Å². The number of ether oxygens (including phenoxy) is 1. The summed E-state index contributed by atoms with van der Waals surface area (Å²) in [6, 6.07) is 1.62. The van der Waals surface area contributed by atoms with Gasteiger partial charge in [0.2, 0.25) is 5.91 Å². The maximum atomic E-state index is 12.3. The van der Waals surface area contributed by atoms with Crippen LogP contribution in [0.4, 0.5) is 0 Å². The van der Waals surface area contributed by atoms with Crippen molar-refractivity contribution in [1.82, 2.24) is 15.0 Å². The largest absolute Gasteiger partial charge is 0.387 e. The Kier molecular flexibility index (Phi) is 5.21. The Balaban J connectivity index is 1.46. The molecule has 0 radical (unpaired) electrons. The van der Waals surface area contributed by atoms with Crippen molar-refractivity contribution in [2.45, 2.75) is 24.9 Å². The molecule has 0 bridgehead atoms. The summed E-state index contributed by atoms with van der Waals surface area (Å²) < 4.78 is 10.3. The molecule has 23 heavy (non-hydrogen) atoms. The highest BCUT2D eigenvalue weighted by atomic mass is 35.5.